The third-order valence-electron chi connectivity index (χ3n) is 3.39. The van der Waals surface area contributed by atoms with Gasteiger partial charge in [0.15, 0.2) is 0 Å². The van der Waals surface area contributed by atoms with Gasteiger partial charge in [0.05, 0.1) is 0 Å². The molecule has 2 heteroatoms. The van der Waals surface area contributed by atoms with Gasteiger partial charge in [-0.3, -0.25) is 4.79 Å². The van der Waals surface area contributed by atoms with Crippen molar-refractivity contribution in [1.82, 2.24) is 5.32 Å². The van der Waals surface area contributed by atoms with Gasteiger partial charge in [0.1, 0.15) is 0 Å². The zero-order chi connectivity index (χ0) is 12.7. The van der Waals surface area contributed by atoms with E-state index in [2.05, 4.69) is 39.9 Å². The van der Waals surface area contributed by atoms with Gasteiger partial charge in [0, 0.05) is 12.5 Å². The van der Waals surface area contributed by atoms with Gasteiger partial charge in [-0.2, -0.15) is 0 Å². The average molecular weight is 227 g/mol. The van der Waals surface area contributed by atoms with E-state index in [-0.39, 0.29) is 11.8 Å². The smallest absolute Gasteiger partial charge is 0.222 e. The van der Waals surface area contributed by atoms with Gasteiger partial charge >= 0.3 is 0 Å². The highest BCUT2D eigenvalue weighted by Gasteiger charge is 2.19. The summed E-state index contributed by atoms with van der Waals surface area (Å²) in [5.74, 6) is 2.21. The summed E-state index contributed by atoms with van der Waals surface area (Å²) in [6.45, 7) is 13.9. The molecule has 0 aliphatic carbocycles. The lowest BCUT2D eigenvalue weighted by atomic mass is 9.85. The number of hydrogen-bond acceptors (Lipinski definition) is 1. The Bertz CT molecular complexity index is 191. The Kier molecular flexibility index (Phi) is 7.44. The summed E-state index contributed by atoms with van der Waals surface area (Å²) < 4.78 is 0. The van der Waals surface area contributed by atoms with Crippen LogP contribution in [-0.4, -0.2) is 12.5 Å². The molecule has 1 atom stereocenters. The molecule has 0 aromatic heterocycles. The molecule has 0 radical (unpaired) electrons. The molecule has 0 saturated heterocycles. The molecule has 0 bridgehead atoms. The van der Waals surface area contributed by atoms with Crippen LogP contribution < -0.4 is 5.32 Å². The zero-order valence-electron chi connectivity index (χ0n) is 11.8. The van der Waals surface area contributed by atoms with Crippen LogP contribution in [0.4, 0.5) is 0 Å². The molecule has 1 amide bonds. The zero-order valence-corrected chi connectivity index (χ0v) is 11.8. The minimum Gasteiger partial charge on any atom is -0.356 e. The maximum atomic E-state index is 11.8. The summed E-state index contributed by atoms with van der Waals surface area (Å²) in [6, 6.07) is 0. The van der Waals surface area contributed by atoms with E-state index in [1.807, 2.05) is 6.92 Å². The number of amides is 1. The van der Waals surface area contributed by atoms with Crippen molar-refractivity contribution in [3.8, 4) is 0 Å². The lowest BCUT2D eigenvalue weighted by molar-refractivity contribution is -0.125. The van der Waals surface area contributed by atoms with Gasteiger partial charge in [0.2, 0.25) is 5.91 Å². The van der Waals surface area contributed by atoms with E-state index in [4.69, 9.17) is 0 Å². The molecule has 0 heterocycles. The van der Waals surface area contributed by atoms with Crippen molar-refractivity contribution < 1.29 is 4.79 Å². The molecule has 0 aliphatic heterocycles. The highest BCUT2D eigenvalue weighted by atomic mass is 16.1. The van der Waals surface area contributed by atoms with Gasteiger partial charge in [-0.15, -0.1) is 0 Å². The van der Waals surface area contributed by atoms with Gasteiger partial charge in [-0.05, 0) is 24.2 Å². The van der Waals surface area contributed by atoms with E-state index in [0.717, 1.165) is 19.4 Å². The van der Waals surface area contributed by atoms with Crippen LogP contribution in [-0.2, 0) is 4.79 Å². The normalized spacial score (nSPS) is 13.6. The maximum absolute atomic E-state index is 11.8. The third-order valence-corrected chi connectivity index (χ3v) is 3.39. The Hall–Kier alpha value is -0.530. The molecule has 0 fully saturated rings. The first-order valence-electron chi connectivity index (χ1n) is 6.67. The Morgan fingerprint density at radius 1 is 1.06 bits per heavy atom. The summed E-state index contributed by atoms with van der Waals surface area (Å²) in [4.78, 5) is 11.8. The summed E-state index contributed by atoms with van der Waals surface area (Å²) in [6.07, 6.45) is 2.06. The van der Waals surface area contributed by atoms with Crippen LogP contribution in [0.2, 0.25) is 0 Å². The first-order valence-corrected chi connectivity index (χ1v) is 6.67. The molecule has 0 saturated carbocycles. The van der Waals surface area contributed by atoms with Crippen molar-refractivity contribution in [2.24, 2.45) is 23.7 Å². The molecule has 0 rings (SSSR count). The van der Waals surface area contributed by atoms with Crippen LogP contribution in [0.25, 0.3) is 0 Å². The van der Waals surface area contributed by atoms with E-state index in [0.29, 0.717) is 17.8 Å². The van der Waals surface area contributed by atoms with Crippen molar-refractivity contribution in [2.75, 3.05) is 6.54 Å². The van der Waals surface area contributed by atoms with Gasteiger partial charge in [-0.1, -0.05) is 48.0 Å². The molecule has 0 aromatic rings. The minimum absolute atomic E-state index is 0.157. The summed E-state index contributed by atoms with van der Waals surface area (Å²) in [7, 11) is 0. The monoisotopic (exact) mass is 227 g/mol. The van der Waals surface area contributed by atoms with Crippen LogP contribution in [0.15, 0.2) is 0 Å². The number of carbonyl (C=O) groups is 1. The molecule has 0 aliphatic rings. The van der Waals surface area contributed by atoms with Crippen LogP contribution in [0.5, 0.6) is 0 Å². The van der Waals surface area contributed by atoms with Crippen LogP contribution in [0, 0.1) is 23.7 Å². The molecule has 0 aromatic carbocycles. The Morgan fingerprint density at radius 3 is 1.94 bits per heavy atom. The maximum Gasteiger partial charge on any atom is 0.222 e. The molecule has 16 heavy (non-hydrogen) atoms. The second-order valence-corrected chi connectivity index (χ2v) is 5.59. The first-order chi connectivity index (χ1) is 7.40. The predicted octanol–water partition coefficient (Wildman–Crippen LogP) is 3.47. The van der Waals surface area contributed by atoms with Gasteiger partial charge in [0.25, 0.3) is 0 Å². The summed E-state index contributed by atoms with van der Waals surface area (Å²) in [5, 5.41) is 3.09. The number of carbonyl (C=O) groups excluding carboxylic acids is 1. The van der Waals surface area contributed by atoms with E-state index in [9.17, 15) is 4.79 Å². The predicted molar refractivity (Wildman–Crippen MR) is 70.2 cm³/mol. The van der Waals surface area contributed by atoms with Crippen LogP contribution in [0.1, 0.15) is 54.4 Å². The Balaban J connectivity index is 4.06. The fraction of sp³-hybridized carbons (Fsp3) is 0.929. The van der Waals surface area contributed by atoms with Gasteiger partial charge in [-0.25, -0.2) is 0 Å². The second-order valence-electron chi connectivity index (χ2n) is 5.59. The van der Waals surface area contributed by atoms with Crippen LogP contribution in [0.3, 0.4) is 0 Å². The minimum atomic E-state index is 0.157. The first kappa shape index (κ1) is 15.5. The average Bonchev–Trinajstić information content (AvgIpc) is 2.16. The largest absolute Gasteiger partial charge is 0.356 e. The number of rotatable bonds is 7. The van der Waals surface area contributed by atoms with Gasteiger partial charge < -0.3 is 5.32 Å². The second kappa shape index (κ2) is 7.70. The van der Waals surface area contributed by atoms with Crippen molar-refractivity contribution in [3.63, 3.8) is 0 Å². The highest BCUT2D eigenvalue weighted by molar-refractivity contribution is 5.78. The topological polar surface area (TPSA) is 29.1 Å². The fourth-order valence-electron chi connectivity index (χ4n) is 2.20. The lowest BCUT2D eigenvalue weighted by Crippen LogP contribution is -2.36. The number of hydrogen-bond donors (Lipinski definition) is 1. The summed E-state index contributed by atoms with van der Waals surface area (Å²) >= 11 is 0. The molecular formula is C14H29NO. The molecular weight excluding hydrogens is 198 g/mol. The third kappa shape index (κ3) is 5.53. The molecule has 0 spiro atoms. The summed E-state index contributed by atoms with van der Waals surface area (Å²) in [5.41, 5.74) is 0. The van der Waals surface area contributed by atoms with E-state index in [1.54, 1.807) is 0 Å². The fourth-order valence-corrected chi connectivity index (χ4v) is 2.20. The molecule has 2 nitrogen and oxygen atoms in total. The van der Waals surface area contributed by atoms with Crippen molar-refractivity contribution >= 4 is 5.91 Å². The Morgan fingerprint density at radius 2 is 1.56 bits per heavy atom. The molecule has 96 valence electrons. The SMILES string of the molecule is CCCC(C)C(=O)NCC(C(C)C)C(C)C. The van der Waals surface area contributed by atoms with Crippen molar-refractivity contribution in [2.45, 2.75) is 54.4 Å². The number of nitrogens with one attached hydrogen (secondary N) is 1. The standard InChI is InChI=1S/C14H29NO/c1-7-8-12(6)14(16)15-9-13(10(2)3)11(4)5/h10-13H,7-9H2,1-6H3,(H,15,16). The quantitative estimate of drug-likeness (QED) is 0.709. The Labute approximate surface area is 101 Å². The molecule has 1 N–H and O–H groups in total. The lowest BCUT2D eigenvalue weighted by Gasteiger charge is -2.25. The van der Waals surface area contributed by atoms with E-state index < -0.39 is 0 Å². The van der Waals surface area contributed by atoms with E-state index in [1.165, 1.54) is 0 Å². The van der Waals surface area contributed by atoms with Crippen molar-refractivity contribution in [1.29, 1.82) is 0 Å². The van der Waals surface area contributed by atoms with Crippen LogP contribution >= 0.6 is 0 Å². The highest BCUT2D eigenvalue weighted by Crippen LogP contribution is 2.19. The molecule has 1 unspecified atom stereocenters. The van der Waals surface area contributed by atoms with Crippen molar-refractivity contribution in [3.05, 3.63) is 0 Å². The van der Waals surface area contributed by atoms with E-state index >= 15 is 0 Å².